The van der Waals surface area contributed by atoms with Crippen LogP contribution in [-0.2, 0) is 19.8 Å². The Hall–Kier alpha value is -2.30. The lowest BCUT2D eigenvalue weighted by atomic mass is 10.2. The van der Waals surface area contributed by atoms with Gasteiger partial charge in [-0.15, -0.1) is 6.42 Å². The van der Waals surface area contributed by atoms with E-state index in [1.54, 1.807) is 24.3 Å². The van der Waals surface area contributed by atoms with Crippen molar-refractivity contribution in [3.8, 4) is 17.4 Å². The summed E-state index contributed by atoms with van der Waals surface area (Å²) in [6, 6.07) is 12.0. The Balaban J connectivity index is 2.58. The van der Waals surface area contributed by atoms with Crippen molar-refractivity contribution in [3.63, 3.8) is 0 Å². The molecule has 0 aliphatic heterocycles. The summed E-state index contributed by atoms with van der Waals surface area (Å²) in [5.74, 6) is 0.536. The Labute approximate surface area is 136 Å². The number of hydrogen-bond donors (Lipinski definition) is 0. The van der Waals surface area contributed by atoms with E-state index in [0.29, 0.717) is 5.75 Å². The highest BCUT2D eigenvalue weighted by Gasteiger charge is 2.19. The van der Waals surface area contributed by atoms with E-state index in [2.05, 4.69) is 3.77 Å². The maximum absolute atomic E-state index is 12.8. The maximum Gasteiger partial charge on any atom is 0.291 e. The molecule has 23 heavy (non-hydrogen) atoms. The van der Waals surface area contributed by atoms with Crippen molar-refractivity contribution in [3.05, 3.63) is 54.1 Å². The lowest BCUT2D eigenvalue weighted by Crippen LogP contribution is -2.04. The smallest absolute Gasteiger partial charge is 0.291 e. The first-order valence-electron chi connectivity index (χ1n) is 6.52. The molecule has 0 fully saturated rings. The highest BCUT2D eigenvalue weighted by Crippen LogP contribution is 2.22. The van der Waals surface area contributed by atoms with Crippen LogP contribution in [0.25, 0.3) is 0 Å². The van der Waals surface area contributed by atoms with Crippen molar-refractivity contribution in [2.45, 2.75) is 16.7 Å². The normalized spacial score (nSPS) is 13.6. The second kappa shape index (κ2) is 6.44. The number of terminal acetylenes is 1. The molecule has 5 nitrogen and oxygen atoms in total. The molecule has 0 N–H and O–H groups in total. The summed E-state index contributed by atoms with van der Waals surface area (Å²) in [6.07, 6.45) is 5.30. The Morgan fingerprint density at radius 2 is 1.48 bits per heavy atom. The van der Waals surface area contributed by atoms with Crippen molar-refractivity contribution in [1.82, 2.24) is 0 Å². The molecule has 0 radical (unpaired) electrons. The largest absolute Gasteiger partial charge is 0.497 e. The van der Waals surface area contributed by atoms with Gasteiger partial charge in [-0.25, -0.2) is 4.21 Å². The SMILES string of the molecule is C#CS(=O)(=NS(=O)(=O)c1ccc(C)cc1)c1ccc(OC)cc1. The molecule has 2 aromatic rings. The zero-order valence-electron chi connectivity index (χ0n) is 12.6. The molecular formula is C16H15NO4S2. The van der Waals surface area contributed by atoms with Gasteiger partial charge >= 0.3 is 0 Å². The molecule has 0 aromatic heterocycles. The third kappa shape index (κ3) is 3.73. The highest BCUT2D eigenvalue weighted by molar-refractivity contribution is 8.06. The molecule has 0 heterocycles. The monoisotopic (exact) mass is 349 g/mol. The van der Waals surface area contributed by atoms with Crippen LogP contribution in [0.4, 0.5) is 0 Å². The Morgan fingerprint density at radius 1 is 0.957 bits per heavy atom. The van der Waals surface area contributed by atoms with E-state index in [1.807, 2.05) is 12.2 Å². The molecule has 0 amide bonds. The molecule has 1 atom stereocenters. The number of methoxy groups -OCH3 is 1. The van der Waals surface area contributed by atoms with Crippen LogP contribution in [0.2, 0.25) is 0 Å². The number of nitrogens with zero attached hydrogens (tertiary/aromatic N) is 1. The number of hydrogen-bond acceptors (Lipinski definition) is 4. The standard InChI is InChI=1S/C16H15NO4S2/c1-4-22(18,15-11-7-14(21-3)8-12-15)17-23(19,20)16-9-5-13(2)6-10-16/h1,5-12H,2-3H3. The van der Waals surface area contributed by atoms with Crippen molar-refractivity contribution in [2.24, 2.45) is 3.77 Å². The van der Waals surface area contributed by atoms with Gasteiger partial charge in [0.15, 0.2) is 9.73 Å². The average molecular weight is 349 g/mol. The molecule has 2 rings (SSSR count). The zero-order chi connectivity index (χ0) is 17.1. The zero-order valence-corrected chi connectivity index (χ0v) is 14.2. The van der Waals surface area contributed by atoms with Crippen LogP contribution < -0.4 is 4.74 Å². The molecule has 0 bridgehead atoms. The van der Waals surface area contributed by atoms with Gasteiger partial charge in [0.25, 0.3) is 10.0 Å². The van der Waals surface area contributed by atoms with Crippen molar-refractivity contribution >= 4 is 19.8 Å². The fourth-order valence-electron chi connectivity index (χ4n) is 1.78. The molecule has 120 valence electrons. The van der Waals surface area contributed by atoms with Gasteiger partial charge in [0.05, 0.1) is 16.9 Å². The van der Waals surface area contributed by atoms with Gasteiger partial charge in [-0.1, -0.05) is 21.5 Å². The van der Waals surface area contributed by atoms with E-state index in [1.165, 1.54) is 31.4 Å². The van der Waals surface area contributed by atoms with E-state index in [-0.39, 0.29) is 9.79 Å². The molecule has 7 heteroatoms. The first-order valence-corrected chi connectivity index (χ1v) is 9.48. The third-order valence-electron chi connectivity index (χ3n) is 3.06. The predicted octanol–water partition coefficient (Wildman–Crippen LogP) is 2.81. The van der Waals surface area contributed by atoms with Crippen molar-refractivity contribution in [2.75, 3.05) is 7.11 Å². The number of benzene rings is 2. The molecule has 0 aliphatic carbocycles. The Morgan fingerprint density at radius 3 is 1.96 bits per heavy atom. The summed E-state index contributed by atoms with van der Waals surface area (Å²) < 4.78 is 46.0. The lowest BCUT2D eigenvalue weighted by molar-refractivity contribution is 0.414. The molecule has 0 aliphatic rings. The quantitative estimate of drug-likeness (QED) is 0.796. The number of aryl methyl sites for hydroxylation is 1. The molecular weight excluding hydrogens is 334 g/mol. The highest BCUT2D eigenvalue weighted by atomic mass is 32.3. The first-order chi connectivity index (χ1) is 10.8. The first kappa shape index (κ1) is 17.1. The molecule has 1 unspecified atom stereocenters. The van der Waals surface area contributed by atoms with Crippen LogP contribution >= 0.6 is 0 Å². The van der Waals surface area contributed by atoms with E-state index in [9.17, 15) is 12.6 Å². The van der Waals surface area contributed by atoms with Crippen LogP contribution in [-0.4, -0.2) is 19.7 Å². The van der Waals surface area contributed by atoms with Crippen molar-refractivity contribution in [1.29, 1.82) is 0 Å². The van der Waals surface area contributed by atoms with E-state index < -0.39 is 19.8 Å². The van der Waals surface area contributed by atoms with Gasteiger partial charge in [0, 0.05) is 5.25 Å². The minimum atomic E-state index is -4.13. The third-order valence-corrected chi connectivity index (χ3v) is 6.78. The van der Waals surface area contributed by atoms with Gasteiger partial charge in [-0.2, -0.15) is 8.42 Å². The average Bonchev–Trinajstić information content (AvgIpc) is 2.55. The summed E-state index contributed by atoms with van der Waals surface area (Å²) in [5.41, 5.74) is 0.900. The fourth-order valence-corrected chi connectivity index (χ4v) is 4.87. The van der Waals surface area contributed by atoms with Crippen LogP contribution in [0.3, 0.4) is 0 Å². The minimum absolute atomic E-state index is 0.0559. The van der Waals surface area contributed by atoms with E-state index in [0.717, 1.165) is 5.56 Å². The van der Waals surface area contributed by atoms with Crippen LogP contribution in [0.15, 0.2) is 62.1 Å². The number of rotatable bonds is 4. The molecule has 0 saturated carbocycles. The van der Waals surface area contributed by atoms with Gasteiger partial charge in [-0.3, -0.25) is 0 Å². The van der Waals surface area contributed by atoms with Crippen LogP contribution in [0.1, 0.15) is 5.56 Å². The Bertz CT molecular complexity index is 960. The second-order valence-electron chi connectivity index (χ2n) is 4.68. The van der Waals surface area contributed by atoms with Gasteiger partial charge in [0.1, 0.15) is 5.75 Å². The fraction of sp³-hybridized carbons (Fsp3) is 0.125. The summed E-state index contributed by atoms with van der Waals surface area (Å²) in [6.45, 7) is 1.83. The number of sulfonamides is 1. The van der Waals surface area contributed by atoms with Gasteiger partial charge < -0.3 is 4.74 Å². The predicted molar refractivity (Wildman–Crippen MR) is 89.0 cm³/mol. The Kier molecular flexibility index (Phi) is 4.78. The lowest BCUT2D eigenvalue weighted by Gasteiger charge is -2.06. The van der Waals surface area contributed by atoms with Crippen molar-refractivity contribution < 1.29 is 17.4 Å². The summed E-state index contributed by atoms with van der Waals surface area (Å²) >= 11 is 0. The van der Waals surface area contributed by atoms with E-state index in [4.69, 9.17) is 11.2 Å². The van der Waals surface area contributed by atoms with Crippen LogP contribution in [0, 0.1) is 18.6 Å². The topological polar surface area (TPSA) is 72.8 Å². The summed E-state index contributed by atoms with van der Waals surface area (Å²) in [4.78, 5) is 0.0797. The molecule has 0 saturated heterocycles. The van der Waals surface area contributed by atoms with Gasteiger partial charge in [0.2, 0.25) is 0 Å². The minimum Gasteiger partial charge on any atom is -0.497 e. The molecule has 2 aromatic carbocycles. The maximum atomic E-state index is 12.8. The summed E-state index contributed by atoms with van der Waals surface area (Å²) in [5, 5.41) is 2.01. The van der Waals surface area contributed by atoms with E-state index >= 15 is 0 Å². The molecule has 0 spiro atoms. The van der Waals surface area contributed by atoms with Gasteiger partial charge in [-0.05, 0) is 43.3 Å². The van der Waals surface area contributed by atoms with Crippen LogP contribution in [0.5, 0.6) is 5.75 Å². The summed E-state index contributed by atoms with van der Waals surface area (Å²) in [7, 11) is -6.19. The number of ether oxygens (including phenoxy) is 1. The second-order valence-corrected chi connectivity index (χ2v) is 8.46.